The maximum absolute atomic E-state index is 12.4. The Bertz CT molecular complexity index is 1290. The van der Waals surface area contributed by atoms with E-state index >= 15 is 0 Å². The van der Waals surface area contributed by atoms with E-state index in [0.717, 1.165) is 16.7 Å². The Morgan fingerprint density at radius 1 is 1.06 bits per heavy atom. The number of aliphatic hydroxyl groups is 1. The molecule has 4 nitrogen and oxygen atoms in total. The van der Waals surface area contributed by atoms with Crippen molar-refractivity contribution in [2.24, 2.45) is 0 Å². The van der Waals surface area contributed by atoms with Crippen LogP contribution in [0.15, 0.2) is 102 Å². The SMILES string of the molecule is CN(C)CCC(O)(C1=C=C=CC=C1)C(c1ccc(Cl)cc1)c1cc(-c2ccccc2)cnc1O. The summed E-state index contributed by atoms with van der Waals surface area (Å²) >= 11 is 6.19. The molecule has 0 bridgehead atoms. The number of hydrogen-bond donors (Lipinski definition) is 2. The molecule has 0 spiro atoms. The van der Waals surface area contributed by atoms with E-state index in [9.17, 15) is 10.2 Å². The zero-order valence-corrected chi connectivity index (χ0v) is 20.0. The molecule has 0 saturated heterocycles. The molecule has 1 aliphatic carbocycles. The lowest BCUT2D eigenvalue weighted by Crippen LogP contribution is -2.41. The number of pyridine rings is 1. The van der Waals surface area contributed by atoms with Gasteiger partial charge in [-0.2, -0.15) is 0 Å². The Kier molecular flexibility index (Phi) is 7.19. The number of hydrogen-bond acceptors (Lipinski definition) is 4. The van der Waals surface area contributed by atoms with Gasteiger partial charge in [-0.25, -0.2) is 4.98 Å². The van der Waals surface area contributed by atoms with Gasteiger partial charge in [0.25, 0.3) is 0 Å². The first-order valence-electron chi connectivity index (χ1n) is 11.1. The molecule has 4 rings (SSSR count). The van der Waals surface area contributed by atoms with E-state index in [-0.39, 0.29) is 5.88 Å². The number of benzene rings is 2. The molecule has 2 N–H and O–H groups in total. The van der Waals surface area contributed by atoms with Crippen LogP contribution < -0.4 is 0 Å². The average molecular weight is 471 g/mol. The fraction of sp³-hybridized carbons (Fsp3) is 0.207. The fourth-order valence-electron chi connectivity index (χ4n) is 4.28. The molecule has 172 valence electrons. The van der Waals surface area contributed by atoms with Gasteiger partial charge in [-0.1, -0.05) is 71.6 Å². The monoisotopic (exact) mass is 470 g/mol. The quantitative estimate of drug-likeness (QED) is 0.413. The highest BCUT2D eigenvalue weighted by Gasteiger charge is 2.43. The fourth-order valence-corrected chi connectivity index (χ4v) is 4.40. The van der Waals surface area contributed by atoms with Crippen molar-refractivity contribution in [2.75, 3.05) is 20.6 Å². The van der Waals surface area contributed by atoms with Crippen LogP contribution in [0.4, 0.5) is 0 Å². The third-order valence-electron chi connectivity index (χ3n) is 6.05. The van der Waals surface area contributed by atoms with Crippen LogP contribution in [0.5, 0.6) is 5.88 Å². The summed E-state index contributed by atoms with van der Waals surface area (Å²) in [6.07, 6.45) is 7.48. The molecule has 2 aromatic carbocycles. The van der Waals surface area contributed by atoms with Gasteiger partial charge in [-0.3, -0.25) is 0 Å². The number of aromatic nitrogens is 1. The molecule has 2 unspecified atom stereocenters. The predicted octanol–water partition coefficient (Wildman–Crippen LogP) is 5.73. The van der Waals surface area contributed by atoms with Gasteiger partial charge in [-0.15, -0.1) is 0 Å². The van der Waals surface area contributed by atoms with Crippen LogP contribution in [0, 0.1) is 0 Å². The third kappa shape index (κ3) is 5.08. The molecule has 34 heavy (non-hydrogen) atoms. The summed E-state index contributed by atoms with van der Waals surface area (Å²) in [6, 6.07) is 19.1. The predicted molar refractivity (Wildman–Crippen MR) is 137 cm³/mol. The maximum atomic E-state index is 12.4. The molecular formula is C29H27ClN2O2. The van der Waals surface area contributed by atoms with Crippen molar-refractivity contribution in [3.8, 4) is 17.0 Å². The molecule has 3 aromatic rings. The number of aromatic hydroxyl groups is 1. The van der Waals surface area contributed by atoms with Gasteiger partial charge in [0.2, 0.25) is 5.88 Å². The van der Waals surface area contributed by atoms with E-state index in [0.29, 0.717) is 29.1 Å². The van der Waals surface area contributed by atoms with E-state index in [1.807, 2.05) is 79.7 Å². The lowest BCUT2D eigenvalue weighted by Gasteiger charge is -2.38. The number of allylic oxidation sites excluding steroid dienone is 2. The molecule has 0 saturated carbocycles. The zero-order valence-electron chi connectivity index (χ0n) is 19.2. The summed E-state index contributed by atoms with van der Waals surface area (Å²) in [6.45, 7) is 0.621. The van der Waals surface area contributed by atoms with Crippen LogP contribution in [0.3, 0.4) is 0 Å². The van der Waals surface area contributed by atoms with Gasteiger partial charge in [0.15, 0.2) is 0 Å². The minimum absolute atomic E-state index is 0.122. The van der Waals surface area contributed by atoms with Crippen LogP contribution in [-0.4, -0.2) is 46.3 Å². The van der Waals surface area contributed by atoms with Gasteiger partial charge >= 0.3 is 0 Å². The Morgan fingerprint density at radius 3 is 2.44 bits per heavy atom. The number of nitrogens with zero attached hydrogens (tertiary/aromatic N) is 2. The first-order valence-corrected chi connectivity index (χ1v) is 11.5. The Labute approximate surface area is 205 Å². The minimum Gasteiger partial charge on any atom is -0.493 e. The van der Waals surface area contributed by atoms with Crippen molar-refractivity contribution >= 4 is 11.6 Å². The van der Waals surface area contributed by atoms with Crippen molar-refractivity contribution in [1.82, 2.24) is 9.88 Å². The highest BCUT2D eigenvalue weighted by atomic mass is 35.5. The largest absolute Gasteiger partial charge is 0.493 e. The topological polar surface area (TPSA) is 56.6 Å². The van der Waals surface area contributed by atoms with Crippen LogP contribution in [0.2, 0.25) is 5.02 Å². The van der Waals surface area contributed by atoms with Gasteiger partial charge < -0.3 is 15.1 Å². The van der Waals surface area contributed by atoms with Crippen molar-refractivity contribution in [3.05, 3.63) is 118 Å². The first-order chi connectivity index (χ1) is 16.4. The first kappa shape index (κ1) is 23.8. The summed E-state index contributed by atoms with van der Waals surface area (Å²) in [7, 11) is 3.93. The molecule has 0 radical (unpaired) electrons. The van der Waals surface area contributed by atoms with E-state index in [2.05, 4.69) is 16.4 Å². The van der Waals surface area contributed by atoms with Crippen LogP contribution >= 0.6 is 11.6 Å². The second-order valence-corrected chi connectivity index (χ2v) is 9.11. The summed E-state index contributed by atoms with van der Waals surface area (Å²) in [4.78, 5) is 6.33. The van der Waals surface area contributed by atoms with Crippen molar-refractivity contribution in [1.29, 1.82) is 0 Å². The Morgan fingerprint density at radius 2 is 1.79 bits per heavy atom. The van der Waals surface area contributed by atoms with Crippen LogP contribution in [0.1, 0.15) is 23.5 Å². The lowest BCUT2D eigenvalue weighted by atomic mass is 9.71. The summed E-state index contributed by atoms with van der Waals surface area (Å²) in [5.74, 6) is -0.754. The smallest absolute Gasteiger partial charge is 0.214 e. The van der Waals surface area contributed by atoms with Crippen LogP contribution in [0.25, 0.3) is 11.1 Å². The lowest BCUT2D eigenvalue weighted by molar-refractivity contribution is 0.0476. The molecular weight excluding hydrogens is 444 g/mol. The molecule has 1 heterocycles. The summed E-state index contributed by atoms with van der Waals surface area (Å²) in [5, 5.41) is 24.0. The summed E-state index contributed by atoms with van der Waals surface area (Å²) in [5.41, 5.74) is 8.45. The maximum Gasteiger partial charge on any atom is 0.214 e. The summed E-state index contributed by atoms with van der Waals surface area (Å²) < 4.78 is 0. The van der Waals surface area contributed by atoms with Gasteiger partial charge in [0, 0.05) is 40.4 Å². The van der Waals surface area contributed by atoms with Gasteiger partial charge in [0.1, 0.15) is 5.60 Å². The van der Waals surface area contributed by atoms with Gasteiger partial charge in [0.05, 0.1) is 0 Å². The van der Waals surface area contributed by atoms with Crippen molar-refractivity contribution in [2.45, 2.75) is 17.9 Å². The second kappa shape index (κ2) is 10.3. The molecule has 1 aromatic heterocycles. The van der Waals surface area contributed by atoms with E-state index < -0.39 is 11.5 Å². The second-order valence-electron chi connectivity index (χ2n) is 8.67. The van der Waals surface area contributed by atoms with Crippen molar-refractivity contribution < 1.29 is 10.2 Å². The molecule has 0 amide bonds. The molecule has 1 aliphatic rings. The minimum atomic E-state index is -1.40. The average Bonchev–Trinajstić information content (AvgIpc) is 2.86. The van der Waals surface area contributed by atoms with Crippen molar-refractivity contribution in [3.63, 3.8) is 0 Å². The van der Waals surface area contributed by atoms with E-state index in [4.69, 9.17) is 11.6 Å². The normalized spacial score (nSPS) is 15.3. The Balaban J connectivity index is 1.96. The van der Waals surface area contributed by atoms with E-state index in [1.165, 1.54) is 0 Å². The third-order valence-corrected chi connectivity index (χ3v) is 6.30. The zero-order chi connectivity index (χ0) is 24.1. The molecule has 5 heteroatoms. The highest BCUT2D eigenvalue weighted by Crippen LogP contribution is 2.45. The standard InChI is InChI=1S/C29H27ClN2O2/c1-32(2)18-17-29(34,24-11-7-4-8-12-24)27(22-13-15-25(30)16-14-22)26-19-23(20-31-28(26)33)21-9-5-3-6-10-21/h3-7,9-11,13-16,19-20,27,34H,17-18H2,1-2H3,(H,31,33). The Hall–Kier alpha value is -3.36. The number of halogens is 1. The van der Waals surface area contributed by atoms with Crippen LogP contribution in [-0.2, 0) is 0 Å². The number of rotatable bonds is 8. The van der Waals surface area contributed by atoms with Gasteiger partial charge in [-0.05, 0) is 62.0 Å². The molecule has 0 fully saturated rings. The molecule has 0 aliphatic heterocycles. The highest BCUT2D eigenvalue weighted by molar-refractivity contribution is 6.30. The molecule has 2 atom stereocenters. The van der Waals surface area contributed by atoms with E-state index in [1.54, 1.807) is 24.4 Å².